The first-order valence-electron chi connectivity index (χ1n) is 10.2. The highest BCUT2D eigenvalue weighted by atomic mass is 35.5. The number of fused-ring (bicyclic) bond motifs is 1. The monoisotopic (exact) mass is 445 g/mol. The van der Waals surface area contributed by atoms with Crippen molar-refractivity contribution in [2.24, 2.45) is 0 Å². The minimum atomic E-state index is -1.07. The first-order chi connectivity index (χ1) is 15.4. The third-order valence-electron chi connectivity index (χ3n) is 5.45. The van der Waals surface area contributed by atoms with Gasteiger partial charge in [0.05, 0.1) is 17.8 Å². The number of hydrogen-bond acceptors (Lipinski definition) is 3. The molecule has 0 fully saturated rings. The topological polar surface area (TPSA) is 74.7 Å². The van der Waals surface area contributed by atoms with E-state index in [1.807, 2.05) is 42.5 Å². The van der Waals surface area contributed by atoms with E-state index in [0.717, 1.165) is 16.7 Å². The highest BCUT2D eigenvalue weighted by molar-refractivity contribution is 6.31. The average Bonchev–Trinajstić information content (AvgIpc) is 2.82. The molecular weight excluding hydrogens is 426 g/mol. The van der Waals surface area contributed by atoms with Crippen LogP contribution >= 0.6 is 11.6 Å². The summed E-state index contributed by atoms with van der Waals surface area (Å²) in [5.74, 6) is -1.60. The molecule has 4 rings (SSSR count). The molecule has 0 saturated carbocycles. The quantitative estimate of drug-likeness (QED) is 0.568. The van der Waals surface area contributed by atoms with Crippen molar-refractivity contribution >= 4 is 34.8 Å². The maximum atomic E-state index is 13.5. The molecule has 0 atom stereocenters. The Kier molecular flexibility index (Phi) is 5.93. The van der Waals surface area contributed by atoms with Crippen LogP contribution in [0.3, 0.4) is 0 Å². The van der Waals surface area contributed by atoms with Crippen LogP contribution in [0.5, 0.6) is 0 Å². The van der Waals surface area contributed by atoms with Crippen LogP contribution in [0.2, 0.25) is 5.02 Å². The lowest BCUT2D eigenvalue weighted by molar-refractivity contribution is -0.116. The Bertz CT molecular complexity index is 1250. The molecule has 6 heteroatoms. The Balaban J connectivity index is 1.92. The van der Waals surface area contributed by atoms with Crippen LogP contribution in [0.1, 0.15) is 50.8 Å². The average molecular weight is 446 g/mol. The van der Waals surface area contributed by atoms with Crippen molar-refractivity contribution in [3.63, 3.8) is 0 Å². The van der Waals surface area contributed by atoms with E-state index in [1.165, 1.54) is 29.2 Å². The number of rotatable bonds is 5. The maximum absolute atomic E-state index is 13.5. The van der Waals surface area contributed by atoms with Gasteiger partial charge in [0.2, 0.25) is 0 Å². The van der Waals surface area contributed by atoms with Gasteiger partial charge in [0.1, 0.15) is 0 Å². The highest BCUT2D eigenvalue weighted by Crippen LogP contribution is 2.39. The molecule has 0 aliphatic carbocycles. The summed E-state index contributed by atoms with van der Waals surface area (Å²) >= 11 is 6.29. The van der Waals surface area contributed by atoms with E-state index in [-0.39, 0.29) is 30.2 Å². The predicted molar refractivity (Wildman–Crippen MR) is 122 cm³/mol. The van der Waals surface area contributed by atoms with Crippen molar-refractivity contribution in [2.45, 2.75) is 19.9 Å². The van der Waals surface area contributed by atoms with Crippen molar-refractivity contribution in [1.29, 1.82) is 0 Å². The number of carboxylic acid groups (broad SMARTS) is 1. The first-order valence-corrected chi connectivity index (χ1v) is 10.6. The molecule has 1 aliphatic rings. The number of hydrogen-bond donors (Lipinski definition) is 1. The molecule has 5 nitrogen and oxygen atoms in total. The summed E-state index contributed by atoms with van der Waals surface area (Å²) in [5, 5.41) is 9.69. The summed E-state index contributed by atoms with van der Waals surface area (Å²) in [7, 11) is 0. The van der Waals surface area contributed by atoms with Gasteiger partial charge in [-0.15, -0.1) is 0 Å². The van der Waals surface area contributed by atoms with E-state index in [1.54, 1.807) is 13.0 Å². The number of Topliss-reactive ketones (excluding diaryl/α,β-unsaturated/α-hetero) is 1. The van der Waals surface area contributed by atoms with Crippen LogP contribution in [-0.4, -0.2) is 27.7 Å². The highest BCUT2D eigenvalue weighted by Gasteiger charge is 2.33. The van der Waals surface area contributed by atoms with Crippen molar-refractivity contribution in [3.05, 3.63) is 111 Å². The van der Waals surface area contributed by atoms with Crippen molar-refractivity contribution in [1.82, 2.24) is 4.90 Å². The van der Waals surface area contributed by atoms with Gasteiger partial charge in [-0.1, -0.05) is 54.9 Å². The normalized spacial score (nSPS) is 13.0. The summed E-state index contributed by atoms with van der Waals surface area (Å²) in [6.45, 7) is 1.97. The summed E-state index contributed by atoms with van der Waals surface area (Å²) in [6.07, 6.45) is 0.225. The molecular formula is C26H20ClNO4. The second-order valence-corrected chi connectivity index (χ2v) is 7.88. The lowest BCUT2D eigenvalue weighted by atomic mass is 9.86. The van der Waals surface area contributed by atoms with Crippen molar-refractivity contribution in [3.8, 4) is 0 Å². The fraction of sp³-hybridized carbons (Fsp3) is 0.115. The third-order valence-corrected chi connectivity index (χ3v) is 5.68. The molecule has 1 heterocycles. The number of carbonyl (C=O) groups is 3. The molecule has 0 saturated heterocycles. The lowest BCUT2D eigenvalue weighted by Gasteiger charge is -2.33. The molecule has 0 spiro atoms. The van der Waals surface area contributed by atoms with Crippen LogP contribution in [0.15, 0.2) is 78.5 Å². The van der Waals surface area contributed by atoms with Gasteiger partial charge in [-0.3, -0.25) is 14.5 Å². The Morgan fingerprint density at radius 3 is 2.22 bits per heavy atom. The summed E-state index contributed by atoms with van der Waals surface area (Å²) < 4.78 is 0. The molecule has 0 bridgehead atoms. The molecule has 32 heavy (non-hydrogen) atoms. The van der Waals surface area contributed by atoms with Gasteiger partial charge in [-0.05, 0) is 53.1 Å². The number of benzene rings is 3. The fourth-order valence-corrected chi connectivity index (χ4v) is 4.04. The van der Waals surface area contributed by atoms with Crippen LogP contribution in [0.4, 0.5) is 0 Å². The predicted octanol–water partition coefficient (Wildman–Crippen LogP) is 5.43. The molecule has 3 aromatic carbocycles. The maximum Gasteiger partial charge on any atom is 0.335 e. The van der Waals surface area contributed by atoms with Gasteiger partial charge in [0.15, 0.2) is 5.78 Å². The lowest BCUT2D eigenvalue weighted by Crippen LogP contribution is -2.37. The fourth-order valence-electron chi connectivity index (χ4n) is 3.87. The Hall–Kier alpha value is -3.70. The second kappa shape index (κ2) is 8.81. The molecule has 1 amide bonds. The van der Waals surface area contributed by atoms with Crippen molar-refractivity contribution < 1.29 is 19.5 Å². The van der Waals surface area contributed by atoms with E-state index in [4.69, 9.17) is 16.7 Å². The molecule has 0 aromatic heterocycles. The number of halogens is 1. The Morgan fingerprint density at radius 2 is 1.59 bits per heavy atom. The first kappa shape index (κ1) is 21.5. The molecule has 0 unspecified atom stereocenters. The van der Waals surface area contributed by atoms with Crippen LogP contribution in [-0.2, 0) is 11.3 Å². The second-order valence-electron chi connectivity index (χ2n) is 7.44. The Labute approximate surface area is 190 Å². The number of allylic oxidation sites excluding steroid dienone is 1. The number of amides is 1. The zero-order valence-electron chi connectivity index (χ0n) is 17.3. The van der Waals surface area contributed by atoms with E-state index in [0.29, 0.717) is 21.9 Å². The number of carbonyl (C=O) groups excluding carboxylic acids is 2. The SMILES string of the molecule is CCC(=O)C1=C(c2ccccc2)c2cc(Cl)ccc2CN1C(=O)c1ccc(C(=O)O)cc1. The third kappa shape index (κ3) is 3.95. The smallest absolute Gasteiger partial charge is 0.335 e. The van der Waals surface area contributed by atoms with Crippen LogP contribution in [0.25, 0.3) is 5.57 Å². The van der Waals surface area contributed by atoms with Crippen LogP contribution in [0, 0.1) is 0 Å². The minimum absolute atomic E-state index is 0.0885. The molecule has 3 aromatic rings. The van der Waals surface area contributed by atoms with Gasteiger partial charge in [0.25, 0.3) is 5.91 Å². The van der Waals surface area contributed by atoms with E-state index in [2.05, 4.69) is 0 Å². The standard InChI is InChI=1S/C26H20ClNO4/c1-2-22(29)24-23(16-6-4-3-5-7-16)21-14-20(27)13-12-19(21)15-28(24)25(30)17-8-10-18(11-9-17)26(31)32/h3-14H,2,15H2,1H3,(H,31,32). The molecule has 0 radical (unpaired) electrons. The van der Waals surface area contributed by atoms with Crippen LogP contribution < -0.4 is 0 Å². The van der Waals surface area contributed by atoms with E-state index in [9.17, 15) is 14.4 Å². The van der Waals surface area contributed by atoms with E-state index >= 15 is 0 Å². The number of ketones is 1. The summed E-state index contributed by atoms with van der Waals surface area (Å²) in [6, 6.07) is 20.6. The summed E-state index contributed by atoms with van der Waals surface area (Å²) in [5.41, 5.74) is 3.89. The van der Waals surface area contributed by atoms with Gasteiger partial charge in [0, 0.05) is 22.6 Å². The van der Waals surface area contributed by atoms with Crippen molar-refractivity contribution in [2.75, 3.05) is 0 Å². The molecule has 1 aliphatic heterocycles. The zero-order valence-corrected chi connectivity index (χ0v) is 18.1. The number of aromatic carboxylic acids is 1. The minimum Gasteiger partial charge on any atom is -0.478 e. The van der Waals surface area contributed by atoms with Gasteiger partial charge in [-0.2, -0.15) is 0 Å². The van der Waals surface area contributed by atoms with Gasteiger partial charge >= 0.3 is 5.97 Å². The zero-order chi connectivity index (χ0) is 22.8. The molecule has 1 N–H and O–H groups in total. The van der Waals surface area contributed by atoms with E-state index < -0.39 is 5.97 Å². The number of carboxylic acids is 1. The van der Waals surface area contributed by atoms with Gasteiger partial charge in [-0.25, -0.2) is 4.79 Å². The Morgan fingerprint density at radius 1 is 0.938 bits per heavy atom. The number of nitrogens with zero attached hydrogens (tertiary/aromatic N) is 1. The molecule has 160 valence electrons. The van der Waals surface area contributed by atoms with Gasteiger partial charge < -0.3 is 5.11 Å². The summed E-state index contributed by atoms with van der Waals surface area (Å²) in [4.78, 5) is 39.4. The largest absolute Gasteiger partial charge is 0.478 e.